The fourth-order valence-corrected chi connectivity index (χ4v) is 3.93. The van der Waals surface area contributed by atoms with Crippen LogP contribution in [0.25, 0.3) is 0 Å². The number of hydrogen-bond acceptors (Lipinski definition) is 3. The quantitative estimate of drug-likeness (QED) is 0.937. The van der Waals surface area contributed by atoms with Crippen LogP contribution >= 0.6 is 0 Å². The van der Waals surface area contributed by atoms with Crippen molar-refractivity contribution in [3.05, 3.63) is 59.8 Å². The van der Waals surface area contributed by atoms with Gasteiger partial charge < -0.3 is 10.2 Å². The molecule has 124 valence electrons. The Morgan fingerprint density at radius 1 is 1.25 bits per heavy atom. The monoisotopic (exact) mass is 321 g/mol. The molecular weight excluding hydrogens is 298 g/mol. The SMILES string of the molecule is CNc1cc(C2CCCN2C(=O)C2(c3ccccc3)CC2)ccn1. The van der Waals surface area contributed by atoms with Crippen LogP contribution in [0.1, 0.15) is 42.9 Å². The Labute approximate surface area is 142 Å². The van der Waals surface area contributed by atoms with Gasteiger partial charge in [-0.1, -0.05) is 30.3 Å². The zero-order chi connectivity index (χ0) is 16.6. The highest BCUT2D eigenvalue weighted by Crippen LogP contribution is 2.51. The summed E-state index contributed by atoms with van der Waals surface area (Å²) in [5.74, 6) is 1.16. The Kier molecular flexibility index (Phi) is 3.75. The van der Waals surface area contributed by atoms with Gasteiger partial charge in [0, 0.05) is 19.8 Å². The van der Waals surface area contributed by atoms with Gasteiger partial charge in [0.1, 0.15) is 5.82 Å². The summed E-state index contributed by atoms with van der Waals surface area (Å²) in [6.07, 6.45) is 5.86. The number of amides is 1. The average Bonchev–Trinajstić information content (AvgIpc) is 3.32. The molecule has 0 bridgehead atoms. The number of benzene rings is 1. The second-order valence-electron chi connectivity index (χ2n) is 6.83. The molecule has 4 heteroatoms. The normalized spacial score (nSPS) is 21.5. The topological polar surface area (TPSA) is 45.2 Å². The smallest absolute Gasteiger partial charge is 0.233 e. The molecule has 1 aromatic carbocycles. The molecule has 2 fully saturated rings. The van der Waals surface area contributed by atoms with Crippen molar-refractivity contribution in [2.75, 3.05) is 18.9 Å². The molecule has 4 nitrogen and oxygen atoms in total. The number of hydrogen-bond donors (Lipinski definition) is 1. The van der Waals surface area contributed by atoms with Gasteiger partial charge in [-0.2, -0.15) is 0 Å². The number of pyridine rings is 1. The Morgan fingerprint density at radius 3 is 2.75 bits per heavy atom. The summed E-state index contributed by atoms with van der Waals surface area (Å²) in [7, 11) is 1.87. The summed E-state index contributed by atoms with van der Waals surface area (Å²) in [5, 5.41) is 3.09. The van der Waals surface area contributed by atoms with E-state index in [0.29, 0.717) is 5.91 Å². The first-order chi connectivity index (χ1) is 11.7. The molecule has 1 unspecified atom stereocenters. The van der Waals surface area contributed by atoms with Crippen molar-refractivity contribution >= 4 is 11.7 Å². The lowest BCUT2D eigenvalue weighted by atomic mass is 9.93. The fraction of sp³-hybridized carbons (Fsp3) is 0.400. The predicted octanol–water partition coefficient (Wildman–Crippen LogP) is 3.52. The van der Waals surface area contributed by atoms with Gasteiger partial charge in [-0.25, -0.2) is 4.98 Å². The van der Waals surface area contributed by atoms with Crippen molar-refractivity contribution in [1.29, 1.82) is 0 Å². The van der Waals surface area contributed by atoms with Crippen LogP contribution in [0.15, 0.2) is 48.7 Å². The Bertz CT molecular complexity index is 740. The first kappa shape index (κ1) is 15.2. The first-order valence-corrected chi connectivity index (χ1v) is 8.75. The summed E-state index contributed by atoms with van der Waals surface area (Å²) in [5.41, 5.74) is 2.08. The van der Waals surface area contributed by atoms with E-state index in [0.717, 1.165) is 38.0 Å². The van der Waals surface area contributed by atoms with E-state index in [-0.39, 0.29) is 11.5 Å². The van der Waals surface area contributed by atoms with Gasteiger partial charge in [0.15, 0.2) is 0 Å². The maximum atomic E-state index is 13.4. The molecule has 2 aliphatic rings. The van der Waals surface area contributed by atoms with Crippen LogP contribution in [0.4, 0.5) is 5.82 Å². The fourth-order valence-electron chi connectivity index (χ4n) is 3.93. The average molecular weight is 321 g/mol. The first-order valence-electron chi connectivity index (χ1n) is 8.75. The van der Waals surface area contributed by atoms with Gasteiger partial charge in [0.05, 0.1) is 11.5 Å². The van der Waals surface area contributed by atoms with Crippen molar-refractivity contribution in [2.24, 2.45) is 0 Å². The zero-order valence-corrected chi connectivity index (χ0v) is 14.0. The molecule has 24 heavy (non-hydrogen) atoms. The van der Waals surface area contributed by atoms with Gasteiger partial charge in [-0.05, 0) is 48.9 Å². The van der Waals surface area contributed by atoms with Crippen molar-refractivity contribution < 1.29 is 4.79 Å². The third-order valence-corrected chi connectivity index (χ3v) is 5.42. The maximum Gasteiger partial charge on any atom is 0.233 e. The Hall–Kier alpha value is -2.36. The molecule has 2 aromatic rings. The molecule has 0 spiro atoms. The van der Waals surface area contributed by atoms with Crippen LogP contribution in [0, 0.1) is 0 Å². The summed E-state index contributed by atoms with van der Waals surface area (Å²) < 4.78 is 0. The highest BCUT2D eigenvalue weighted by Gasteiger charge is 2.54. The minimum atomic E-state index is -0.275. The van der Waals surface area contributed by atoms with Crippen molar-refractivity contribution in [3.8, 4) is 0 Å². The second kappa shape index (κ2) is 5.93. The highest BCUT2D eigenvalue weighted by molar-refractivity contribution is 5.91. The lowest BCUT2D eigenvalue weighted by Crippen LogP contribution is -2.38. The van der Waals surface area contributed by atoms with E-state index in [2.05, 4.69) is 33.4 Å². The van der Waals surface area contributed by atoms with Crippen molar-refractivity contribution in [3.63, 3.8) is 0 Å². The van der Waals surface area contributed by atoms with Crippen LogP contribution in [-0.4, -0.2) is 29.4 Å². The summed E-state index contributed by atoms with van der Waals surface area (Å²) in [6, 6.07) is 14.6. The summed E-state index contributed by atoms with van der Waals surface area (Å²) >= 11 is 0. The van der Waals surface area contributed by atoms with E-state index in [1.807, 2.05) is 37.5 Å². The number of nitrogens with one attached hydrogen (secondary N) is 1. The Balaban J connectivity index is 1.62. The lowest BCUT2D eigenvalue weighted by Gasteiger charge is -2.29. The number of anilines is 1. The molecule has 0 radical (unpaired) electrons. The minimum Gasteiger partial charge on any atom is -0.373 e. The van der Waals surface area contributed by atoms with E-state index < -0.39 is 0 Å². The zero-order valence-electron chi connectivity index (χ0n) is 14.0. The van der Waals surface area contributed by atoms with Crippen LogP contribution in [0.2, 0.25) is 0 Å². The van der Waals surface area contributed by atoms with E-state index in [1.54, 1.807) is 0 Å². The highest BCUT2D eigenvalue weighted by atomic mass is 16.2. The standard InChI is InChI=1S/C20H23N3O/c1-21-18-14-15(9-12-22-18)17-8-5-13-23(17)19(24)20(10-11-20)16-6-3-2-4-7-16/h2-4,6-7,9,12,14,17H,5,8,10-11,13H2,1H3,(H,21,22). The van der Waals surface area contributed by atoms with Crippen LogP contribution < -0.4 is 5.32 Å². The third kappa shape index (κ3) is 2.46. The maximum absolute atomic E-state index is 13.4. The molecule has 1 aliphatic heterocycles. The largest absolute Gasteiger partial charge is 0.373 e. The molecule has 1 saturated carbocycles. The lowest BCUT2D eigenvalue weighted by molar-refractivity contribution is -0.135. The number of carbonyl (C=O) groups is 1. The molecular formula is C20H23N3O. The molecule has 1 saturated heterocycles. The van der Waals surface area contributed by atoms with Crippen molar-refractivity contribution in [2.45, 2.75) is 37.1 Å². The van der Waals surface area contributed by atoms with Crippen LogP contribution in [0.3, 0.4) is 0 Å². The number of likely N-dealkylation sites (tertiary alicyclic amines) is 1. The van der Waals surface area contributed by atoms with Gasteiger partial charge in [-0.15, -0.1) is 0 Å². The molecule has 1 atom stereocenters. The van der Waals surface area contributed by atoms with Gasteiger partial charge in [0.2, 0.25) is 5.91 Å². The van der Waals surface area contributed by atoms with E-state index >= 15 is 0 Å². The third-order valence-electron chi connectivity index (χ3n) is 5.42. The molecule has 1 aromatic heterocycles. The summed E-state index contributed by atoms with van der Waals surface area (Å²) in [4.78, 5) is 19.8. The molecule has 2 heterocycles. The molecule has 4 rings (SSSR count). The van der Waals surface area contributed by atoms with Gasteiger partial charge in [0.25, 0.3) is 0 Å². The number of rotatable bonds is 4. The van der Waals surface area contributed by atoms with Gasteiger partial charge >= 0.3 is 0 Å². The van der Waals surface area contributed by atoms with Gasteiger partial charge in [-0.3, -0.25) is 4.79 Å². The van der Waals surface area contributed by atoms with Crippen LogP contribution in [-0.2, 0) is 10.2 Å². The number of aromatic nitrogens is 1. The molecule has 1 aliphatic carbocycles. The van der Waals surface area contributed by atoms with Crippen LogP contribution in [0.5, 0.6) is 0 Å². The number of carbonyl (C=O) groups excluding carboxylic acids is 1. The Morgan fingerprint density at radius 2 is 2.04 bits per heavy atom. The minimum absolute atomic E-state index is 0.175. The molecule has 1 amide bonds. The van der Waals surface area contributed by atoms with E-state index in [1.165, 1.54) is 11.1 Å². The van der Waals surface area contributed by atoms with E-state index in [4.69, 9.17) is 0 Å². The van der Waals surface area contributed by atoms with Crippen molar-refractivity contribution in [1.82, 2.24) is 9.88 Å². The second-order valence-corrected chi connectivity index (χ2v) is 6.83. The molecule has 1 N–H and O–H groups in total. The number of nitrogens with zero attached hydrogens (tertiary/aromatic N) is 2. The predicted molar refractivity (Wildman–Crippen MR) is 94.8 cm³/mol. The van der Waals surface area contributed by atoms with E-state index in [9.17, 15) is 4.79 Å². The summed E-state index contributed by atoms with van der Waals surface area (Å²) in [6.45, 7) is 0.856.